The first-order valence-electron chi connectivity index (χ1n) is 6.86. The van der Waals surface area contributed by atoms with E-state index in [2.05, 4.69) is 4.72 Å². The molecule has 1 fully saturated rings. The number of nitrogens with one attached hydrogen (secondary N) is 1. The van der Waals surface area contributed by atoms with Gasteiger partial charge in [-0.15, -0.1) is 0 Å². The number of sulfonamides is 1. The molecule has 21 heavy (non-hydrogen) atoms. The van der Waals surface area contributed by atoms with Crippen LogP contribution in [0.25, 0.3) is 0 Å². The van der Waals surface area contributed by atoms with E-state index < -0.39 is 16.0 Å². The summed E-state index contributed by atoms with van der Waals surface area (Å²) in [4.78, 5) is 11.0. The lowest BCUT2D eigenvalue weighted by Crippen LogP contribution is -2.37. The normalized spacial score (nSPS) is 17.8. The van der Waals surface area contributed by atoms with Crippen LogP contribution in [0.1, 0.15) is 43.0 Å². The van der Waals surface area contributed by atoms with Gasteiger partial charge < -0.3 is 5.11 Å². The number of halogens is 1. The number of carbonyl (C=O) groups is 1. The lowest BCUT2D eigenvalue weighted by molar-refractivity contribution is 0.0697. The van der Waals surface area contributed by atoms with Crippen LogP contribution in [0.5, 0.6) is 0 Å². The molecule has 2 rings (SSSR count). The zero-order chi connectivity index (χ0) is 15.6. The molecule has 1 aromatic carbocycles. The minimum Gasteiger partial charge on any atom is -0.478 e. The minimum absolute atomic E-state index is 0.0188. The van der Waals surface area contributed by atoms with Gasteiger partial charge in [0.25, 0.3) is 0 Å². The van der Waals surface area contributed by atoms with Gasteiger partial charge in [0.05, 0.1) is 15.5 Å². The Kier molecular flexibility index (Phi) is 4.91. The standard InChI is InChI=1S/C14H18ClNO4S/c1-9(10-4-2-3-5-10)16-21(19,20)11-6-7-13(15)12(8-11)14(17)18/h6-10,16H,2-5H2,1H3,(H,17,18)/t9-/m0/s1. The van der Waals surface area contributed by atoms with Crippen molar-refractivity contribution in [3.8, 4) is 0 Å². The highest BCUT2D eigenvalue weighted by Gasteiger charge is 2.26. The molecule has 0 bridgehead atoms. The van der Waals surface area contributed by atoms with Crippen molar-refractivity contribution in [1.82, 2.24) is 4.72 Å². The van der Waals surface area contributed by atoms with Crippen molar-refractivity contribution < 1.29 is 18.3 Å². The zero-order valence-corrected chi connectivity index (χ0v) is 13.2. The number of rotatable bonds is 5. The summed E-state index contributed by atoms with van der Waals surface area (Å²) in [5, 5.41) is 9.03. The fourth-order valence-electron chi connectivity index (χ4n) is 2.70. The lowest BCUT2D eigenvalue weighted by Gasteiger charge is -2.20. The van der Waals surface area contributed by atoms with E-state index in [0.29, 0.717) is 5.92 Å². The Morgan fingerprint density at radius 2 is 2.00 bits per heavy atom. The van der Waals surface area contributed by atoms with Crippen LogP contribution in [0.15, 0.2) is 23.1 Å². The first kappa shape index (κ1) is 16.3. The summed E-state index contributed by atoms with van der Waals surface area (Å²) in [6.45, 7) is 1.85. The SMILES string of the molecule is C[C@H](NS(=O)(=O)c1ccc(Cl)c(C(=O)O)c1)C1CCCC1. The van der Waals surface area contributed by atoms with E-state index in [9.17, 15) is 13.2 Å². The molecule has 1 saturated carbocycles. The van der Waals surface area contributed by atoms with Crippen LogP contribution in [-0.4, -0.2) is 25.5 Å². The van der Waals surface area contributed by atoms with Gasteiger partial charge in [-0.1, -0.05) is 24.4 Å². The molecule has 0 spiro atoms. The number of carboxylic acid groups (broad SMARTS) is 1. The quantitative estimate of drug-likeness (QED) is 0.869. The smallest absolute Gasteiger partial charge is 0.337 e. The molecule has 1 aliphatic rings. The van der Waals surface area contributed by atoms with Crippen molar-refractivity contribution in [3.63, 3.8) is 0 Å². The maximum absolute atomic E-state index is 12.3. The second kappa shape index (κ2) is 6.34. The molecular weight excluding hydrogens is 314 g/mol. The fraction of sp³-hybridized carbons (Fsp3) is 0.500. The molecule has 5 nitrogen and oxygen atoms in total. The predicted molar refractivity (Wildman–Crippen MR) is 80.2 cm³/mol. The molecule has 2 N–H and O–H groups in total. The average molecular weight is 332 g/mol. The average Bonchev–Trinajstić information content (AvgIpc) is 2.92. The summed E-state index contributed by atoms with van der Waals surface area (Å²) in [7, 11) is -3.74. The Hall–Kier alpha value is -1.11. The summed E-state index contributed by atoms with van der Waals surface area (Å²) in [6, 6.07) is 3.54. The third-order valence-electron chi connectivity index (χ3n) is 3.93. The van der Waals surface area contributed by atoms with E-state index in [0.717, 1.165) is 31.7 Å². The number of benzene rings is 1. The number of aromatic carboxylic acids is 1. The highest BCUT2D eigenvalue weighted by molar-refractivity contribution is 7.89. The molecule has 0 unspecified atom stereocenters. The summed E-state index contributed by atoms with van der Waals surface area (Å²) < 4.78 is 27.3. The first-order valence-corrected chi connectivity index (χ1v) is 8.72. The Morgan fingerprint density at radius 1 is 1.38 bits per heavy atom. The first-order chi connectivity index (χ1) is 9.81. The van der Waals surface area contributed by atoms with Gasteiger partial charge in [0.2, 0.25) is 10.0 Å². The van der Waals surface area contributed by atoms with Crippen molar-refractivity contribution in [3.05, 3.63) is 28.8 Å². The van der Waals surface area contributed by atoms with Crippen LogP contribution >= 0.6 is 11.6 Å². The third kappa shape index (κ3) is 3.75. The van der Waals surface area contributed by atoms with Crippen LogP contribution in [0.4, 0.5) is 0 Å². The van der Waals surface area contributed by atoms with Gasteiger partial charge in [0.1, 0.15) is 0 Å². The van der Waals surface area contributed by atoms with E-state index in [4.69, 9.17) is 16.7 Å². The number of hydrogen-bond donors (Lipinski definition) is 2. The zero-order valence-electron chi connectivity index (χ0n) is 11.7. The summed E-state index contributed by atoms with van der Waals surface area (Å²) in [5.74, 6) is -0.910. The maximum Gasteiger partial charge on any atom is 0.337 e. The highest BCUT2D eigenvalue weighted by Crippen LogP contribution is 2.28. The van der Waals surface area contributed by atoms with E-state index in [1.165, 1.54) is 12.1 Å². The molecule has 1 aliphatic carbocycles. The molecule has 116 valence electrons. The summed E-state index contributed by atoms with van der Waals surface area (Å²) >= 11 is 5.75. The second-order valence-corrected chi connectivity index (χ2v) is 7.52. The van der Waals surface area contributed by atoms with E-state index in [1.54, 1.807) is 0 Å². The molecule has 0 saturated heterocycles. The third-order valence-corrected chi connectivity index (χ3v) is 5.81. The summed E-state index contributed by atoms with van der Waals surface area (Å²) in [6.07, 6.45) is 4.29. The fourth-order valence-corrected chi connectivity index (χ4v) is 4.24. The Bertz CT molecular complexity index is 638. The van der Waals surface area contributed by atoms with E-state index in [1.807, 2.05) is 6.92 Å². The van der Waals surface area contributed by atoms with Crippen molar-refractivity contribution in [2.75, 3.05) is 0 Å². The van der Waals surface area contributed by atoms with Crippen LogP contribution in [0, 0.1) is 5.92 Å². The van der Waals surface area contributed by atoms with Crippen LogP contribution in [0.3, 0.4) is 0 Å². The Morgan fingerprint density at radius 3 is 2.57 bits per heavy atom. The molecule has 0 aromatic heterocycles. The van der Waals surface area contributed by atoms with Crippen molar-refractivity contribution in [1.29, 1.82) is 0 Å². The van der Waals surface area contributed by atoms with Crippen molar-refractivity contribution in [2.24, 2.45) is 5.92 Å². The van der Waals surface area contributed by atoms with Gasteiger partial charge in [-0.25, -0.2) is 17.9 Å². The van der Waals surface area contributed by atoms with Gasteiger partial charge in [-0.2, -0.15) is 0 Å². The highest BCUT2D eigenvalue weighted by atomic mass is 35.5. The van der Waals surface area contributed by atoms with Crippen molar-refractivity contribution in [2.45, 2.75) is 43.5 Å². The van der Waals surface area contributed by atoms with E-state index >= 15 is 0 Å². The van der Waals surface area contributed by atoms with E-state index in [-0.39, 0.29) is 21.5 Å². The molecule has 0 radical (unpaired) electrons. The predicted octanol–water partition coefficient (Wildman–Crippen LogP) is 2.90. The topological polar surface area (TPSA) is 83.5 Å². The van der Waals surface area contributed by atoms with Gasteiger partial charge in [0, 0.05) is 6.04 Å². The molecule has 7 heteroatoms. The molecule has 0 amide bonds. The Balaban J connectivity index is 2.23. The van der Waals surface area contributed by atoms with Gasteiger partial charge >= 0.3 is 5.97 Å². The maximum atomic E-state index is 12.3. The van der Waals surface area contributed by atoms with Crippen molar-refractivity contribution >= 4 is 27.6 Å². The lowest BCUT2D eigenvalue weighted by atomic mass is 10.0. The Labute approximate surface area is 129 Å². The van der Waals surface area contributed by atoms with Gasteiger partial charge in [-0.3, -0.25) is 0 Å². The van der Waals surface area contributed by atoms with Crippen LogP contribution in [-0.2, 0) is 10.0 Å². The summed E-state index contributed by atoms with van der Waals surface area (Å²) in [5.41, 5.74) is -0.215. The molecular formula is C14H18ClNO4S. The molecule has 0 aliphatic heterocycles. The largest absolute Gasteiger partial charge is 0.478 e. The van der Waals surface area contributed by atoms with Crippen LogP contribution in [0.2, 0.25) is 5.02 Å². The van der Waals surface area contributed by atoms with Crippen LogP contribution < -0.4 is 4.72 Å². The molecule has 1 atom stereocenters. The molecule has 1 aromatic rings. The molecule has 0 heterocycles. The number of hydrogen-bond acceptors (Lipinski definition) is 3. The monoisotopic (exact) mass is 331 g/mol. The van der Waals surface area contributed by atoms with Gasteiger partial charge in [-0.05, 0) is 43.9 Å². The number of carboxylic acids is 1. The van der Waals surface area contributed by atoms with Gasteiger partial charge in [0.15, 0.2) is 0 Å². The minimum atomic E-state index is -3.74. The second-order valence-electron chi connectivity index (χ2n) is 5.40.